The highest BCUT2D eigenvalue weighted by atomic mass is 16.2. The second-order valence-electron chi connectivity index (χ2n) is 9.05. The topological polar surface area (TPSA) is 83.3 Å². The van der Waals surface area contributed by atoms with E-state index in [1.54, 1.807) is 23.4 Å². The highest BCUT2D eigenvalue weighted by molar-refractivity contribution is 6.08. The summed E-state index contributed by atoms with van der Waals surface area (Å²) < 4.78 is 0. The number of carbonyl (C=O) groups is 2. The van der Waals surface area contributed by atoms with Gasteiger partial charge in [-0.25, -0.2) is 14.8 Å². The number of hydrogen-bond donors (Lipinski definition) is 1. The summed E-state index contributed by atoms with van der Waals surface area (Å²) in [7, 11) is 0. The fourth-order valence-corrected chi connectivity index (χ4v) is 3.51. The molecule has 3 aromatic rings. The highest BCUT2D eigenvalue weighted by Gasteiger charge is 2.26. The van der Waals surface area contributed by atoms with Gasteiger partial charge in [0.25, 0.3) is 11.6 Å². The van der Waals surface area contributed by atoms with Crippen LogP contribution in [0.15, 0.2) is 42.4 Å². The standard InChI is InChI=1S/C25H25N5O2/c1-25(2,3)22(31)19-15-28-23-21(19)29-18(14-27-23)12-16-6-8-17(9-7-16)13-20(26-4)24(32)30-10-5-11-30/h6-9,13-15H,5,10-12H2,1-3H3,(H,27,28). The first kappa shape index (κ1) is 21.4. The molecule has 0 spiro atoms. The molecule has 1 aliphatic rings. The van der Waals surface area contributed by atoms with Crippen molar-refractivity contribution in [3.05, 3.63) is 76.2 Å². The average Bonchev–Trinajstić information content (AvgIpc) is 3.13. The molecule has 0 bridgehead atoms. The third-order valence-electron chi connectivity index (χ3n) is 5.51. The number of amides is 1. The van der Waals surface area contributed by atoms with Gasteiger partial charge in [0.05, 0.1) is 24.0 Å². The molecule has 1 amide bonds. The molecule has 0 saturated carbocycles. The number of nitrogens with zero attached hydrogens (tertiary/aromatic N) is 4. The maximum Gasteiger partial charge on any atom is 0.252 e. The second-order valence-corrected chi connectivity index (χ2v) is 9.05. The summed E-state index contributed by atoms with van der Waals surface area (Å²) in [5, 5.41) is 0. The lowest BCUT2D eigenvalue weighted by atomic mass is 9.87. The Bertz CT molecular complexity index is 1250. The number of carbonyl (C=O) groups excluding carboxylic acids is 2. The van der Waals surface area contributed by atoms with Crippen molar-refractivity contribution in [3.63, 3.8) is 0 Å². The fourth-order valence-electron chi connectivity index (χ4n) is 3.51. The number of aromatic amines is 1. The first-order chi connectivity index (χ1) is 15.3. The Morgan fingerprint density at radius 2 is 1.94 bits per heavy atom. The molecule has 1 aromatic carbocycles. The van der Waals surface area contributed by atoms with E-state index >= 15 is 0 Å². The lowest BCUT2D eigenvalue weighted by Gasteiger charge is -2.30. The van der Waals surface area contributed by atoms with E-state index in [2.05, 4.69) is 14.8 Å². The number of rotatable bonds is 5. The van der Waals surface area contributed by atoms with E-state index in [-0.39, 0.29) is 17.4 Å². The van der Waals surface area contributed by atoms with Gasteiger partial charge in [-0.2, -0.15) is 0 Å². The van der Waals surface area contributed by atoms with E-state index in [4.69, 9.17) is 11.6 Å². The van der Waals surface area contributed by atoms with Crippen molar-refractivity contribution in [2.24, 2.45) is 5.41 Å². The Balaban J connectivity index is 1.53. The minimum atomic E-state index is -0.503. The third-order valence-corrected chi connectivity index (χ3v) is 5.51. The van der Waals surface area contributed by atoms with Gasteiger partial charge in [-0.15, -0.1) is 0 Å². The molecule has 0 aliphatic carbocycles. The van der Waals surface area contributed by atoms with Gasteiger partial charge in [0, 0.05) is 31.1 Å². The summed E-state index contributed by atoms with van der Waals surface area (Å²) in [6, 6.07) is 7.68. The van der Waals surface area contributed by atoms with E-state index in [0.717, 1.165) is 36.3 Å². The van der Waals surface area contributed by atoms with Crippen molar-refractivity contribution < 1.29 is 9.59 Å². The van der Waals surface area contributed by atoms with Gasteiger partial charge < -0.3 is 9.88 Å². The number of H-pyrrole nitrogens is 1. The van der Waals surface area contributed by atoms with E-state index < -0.39 is 5.41 Å². The molecule has 3 heterocycles. The van der Waals surface area contributed by atoms with Gasteiger partial charge in [-0.05, 0) is 23.6 Å². The van der Waals surface area contributed by atoms with Gasteiger partial charge in [0.1, 0.15) is 5.52 Å². The molecule has 1 N–H and O–H groups in total. The van der Waals surface area contributed by atoms with Crippen LogP contribution in [0.1, 0.15) is 54.4 Å². The van der Waals surface area contributed by atoms with Crippen LogP contribution in [0.2, 0.25) is 0 Å². The quantitative estimate of drug-likeness (QED) is 0.374. The molecule has 1 aliphatic heterocycles. The first-order valence-electron chi connectivity index (χ1n) is 10.6. The maximum atomic E-state index is 12.7. The van der Waals surface area contributed by atoms with Crippen LogP contribution in [0, 0.1) is 12.0 Å². The molecule has 162 valence electrons. The van der Waals surface area contributed by atoms with Crippen LogP contribution in [0.3, 0.4) is 0 Å². The molecule has 2 aromatic heterocycles. The maximum absolute atomic E-state index is 12.7. The zero-order chi connectivity index (χ0) is 22.9. The van der Waals surface area contributed by atoms with E-state index in [0.29, 0.717) is 23.1 Å². The number of ketones is 1. The number of benzene rings is 1. The summed E-state index contributed by atoms with van der Waals surface area (Å²) in [6.45, 7) is 14.4. The molecule has 7 heteroatoms. The SMILES string of the molecule is [C-]#[N+]C(=Cc1ccc(Cc2cnc3[nH]cc(C(=O)C(C)(C)C)c3n2)cc1)C(=O)N1CCC1. The zero-order valence-corrected chi connectivity index (χ0v) is 18.5. The number of nitrogens with one attached hydrogen (secondary N) is 1. The van der Waals surface area contributed by atoms with Gasteiger partial charge in [-0.1, -0.05) is 45.0 Å². The van der Waals surface area contributed by atoms with Crippen molar-refractivity contribution >= 4 is 28.9 Å². The predicted molar refractivity (Wildman–Crippen MR) is 123 cm³/mol. The number of hydrogen-bond acceptors (Lipinski definition) is 4. The van der Waals surface area contributed by atoms with Gasteiger partial charge in [-0.3, -0.25) is 9.59 Å². The molecule has 1 saturated heterocycles. The predicted octanol–water partition coefficient (Wildman–Crippen LogP) is 4.27. The highest BCUT2D eigenvalue weighted by Crippen LogP contribution is 2.25. The Labute approximate surface area is 187 Å². The number of fused-ring (bicyclic) bond motifs is 1. The molecule has 4 rings (SSSR count). The van der Waals surface area contributed by atoms with Crippen LogP contribution in [-0.2, 0) is 11.2 Å². The minimum Gasteiger partial charge on any atom is -0.348 e. The first-order valence-corrected chi connectivity index (χ1v) is 10.6. The Hall–Kier alpha value is -3.79. The van der Waals surface area contributed by atoms with Crippen molar-refractivity contribution in [1.82, 2.24) is 19.9 Å². The van der Waals surface area contributed by atoms with Crippen LogP contribution >= 0.6 is 0 Å². The summed E-state index contributed by atoms with van der Waals surface area (Å²) in [6.07, 6.45) is 6.58. The summed E-state index contributed by atoms with van der Waals surface area (Å²) in [5.74, 6) is -0.180. The van der Waals surface area contributed by atoms with Gasteiger partial charge in [0.2, 0.25) is 0 Å². The van der Waals surface area contributed by atoms with E-state index in [9.17, 15) is 9.59 Å². The Morgan fingerprint density at radius 3 is 2.53 bits per heavy atom. The fraction of sp³-hybridized carbons (Fsp3) is 0.320. The lowest BCUT2D eigenvalue weighted by Crippen LogP contribution is -2.42. The average molecular weight is 428 g/mol. The van der Waals surface area contributed by atoms with Crippen molar-refractivity contribution in [1.29, 1.82) is 0 Å². The third kappa shape index (κ3) is 4.30. The number of aromatic nitrogens is 3. The van der Waals surface area contributed by atoms with E-state index in [1.807, 2.05) is 45.0 Å². The normalized spacial score (nSPS) is 14.2. The molecule has 0 radical (unpaired) electrons. The Kier molecular flexibility index (Phi) is 5.62. The second kappa shape index (κ2) is 8.39. The molecular formula is C25H25N5O2. The summed E-state index contributed by atoms with van der Waals surface area (Å²) in [5.41, 5.74) is 3.97. The van der Waals surface area contributed by atoms with Crippen LogP contribution in [0.5, 0.6) is 0 Å². The molecule has 7 nitrogen and oxygen atoms in total. The summed E-state index contributed by atoms with van der Waals surface area (Å²) in [4.78, 5) is 42.3. The monoisotopic (exact) mass is 427 g/mol. The van der Waals surface area contributed by atoms with Crippen molar-refractivity contribution in [2.45, 2.75) is 33.6 Å². The van der Waals surface area contributed by atoms with Gasteiger partial charge >= 0.3 is 0 Å². The number of Topliss-reactive ketones (excluding diaryl/α,β-unsaturated/α-hetero) is 1. The molecular weight excluding hydrogens is 402 g/mol. The number of likely N-dealkylation sites (tertiary alicyclic amines) is 1. The lowest BCUT2D eigenvalue weighted by molar-refractivity contribution is -0.129. The van der Waals surface area contributed by atoms with Crippen LogP contribution in [0.4, 0.5) is 0 Å². The smallest absolute Gasteiger partial charge is 0.252 e. The van der Waals surface area contributed by atoms with E-state index in [1.165, 1.54) is 0 Å². The van der Waals surface area contributed by atoms with Crippen LogP contribution in [0.25, 0.3) is 22.1 Å². The molecule has 0 unspecified atom stereocenters. The Morgan fingerprint density at radius 1 is 1.22 bits per heavy atom. The molecule has 0 atom stereocenters. The molecule has 32 heavy (non-hydrogen) atoms. The largest absolute Gasteiger partial charge is 0.348 e. The van der Waals surface area contributed by atoms with Crippen LogP contribution in [-0.4, -0.2) is 44.6 Å². The molecule has 1 fully saturated rings. The van der Waals surface area contributed by atoms with Gasteiger partial charge in [0.15, 0.2) is 11.4 Å². The summed E-state index contributed by atoms with van der Waals surface area (Å²) >= 11 is 0. The van der Waals surface area contributed by atoms with Crippen molar-refractivity contribution in [2.75, 3.05) is 13.1 Å². The van der Waals surface area contributed by atoms with Crippen molar-refractivity contribution in [3.8, 4) is 0 Å². The zero-order valence-electron chi connectivity index (χ0n) is 18.5. The minimum absolute atomic E-state index is 0.0229. The van der Waals surface area contributed by atoms with Crippen LogP contribution < -0.4 is 0 Å².